The average molecular weight is 257 g/mol. The van der Waals surface area contributed by atoms with Crippen molar-refractivity contribution in [1.82, 2.24) is 0 Å². The van der Waals surface area contributed by atoms with E-state index in [1.165, 1.54) is 11.8 Å². The molecule has 0 spiro atoms. The maximum atomic E-state index is 10.8. The van der Waals surface area contributed by atoms with Crippen molar-refractivity contribution in [2.24, 2.45) is 0 Å². The first-order chi connectivity index (χ1) is 5.57. The van der Waals surface area contributed by atoms with Gasteiger partial charge in [0, 0.05) is 0 Å². The second-order valence-electron chi connectivity index (χ2n) is 1.99. The van der Waals surface area contributed by atoms with Crippen LogP contribution in [-0.4, -0.2) is 34.2 Å². The number of hydrogen-bond donors (Lipinski definition) is 1. The van der Waals surface area contributed by atoms with Gasteiger partial charge in [0.2, 0.25) is 0 Å². The van der Waals surface area contributed by atoms with Crippen LogP contribution in [0.5, 0.6) is 0 Å². The zero-order chi connectivity index (χ0) is 9.56. The van der Waals surface area contributed by atoms with Gasteiger partial charge in [-0.25, -0.2) is 4.79 Å². The largest absolute Gasteiger partial charge is 1.00 e. The van der Waals surface area contributed by atoms with E-state index < -0.39 is 17.1 Å². The Bertz CT molecular complexity index is 153. The molecule has 0 aliphatic rings. The van der Waals surface area contributed by atoms with E-state index in [1.54, 1.807) is 0 Å². The number of aliphatic hydroxyl groups is 1. The number of carbonyl (C=O) groups excluding carboxylic acids is 1. The summed E-state index contributed by atoms with van der Waals surface area (Å²) in [5.74, 6) is -0.0926. The summed E-state index contributed by atoms with van der Waals surface area (Å²) >= 11 is 11.8. The van der Waals surface area contributed by atoms with Crippen molar-refractivity contribution in [1.29, 1.82) is 0 Å². The van der Waals surface area contributed by atoms with Gasteiger partial charge in [-0.2, -0.15) is 11.8 Å². The van der Waals surface area contributed by atoms with Gasteiger partial charge in [0.25, 0.3) is 5.02 Å². The number of alkyl halides is 2. The zero-order valence-electron chi connectivity index (χ0n) is 8.50. The zero-order valence-corrected chi connectivity index (χ0v) is 11.8. The molecule has 74 valence electrons. The summed E-state index contributed by atoms with van der Waals surface area (Å²) in [7, 11) is 0. The van der Waals surface area contributed by atoms with Crippen LogP contribution in [-0.2, 0) is 9.53 Å². The number of thioether (sulfide) groups is 1. The third kappa shape index (κ3) is 9.66. The Hall–Kier alpha value is 1.36. The van der Waals surface area contributed by atoms with E-state index in [4.69, 9.17) is 28.3 Å². The molecule has 0 aliphatic carbocycles. The van der Waals surface area contributed by atoms with Crippen molar-refractivity contribution in [3.8, 4) is 0 Å². The van der Waals surface area contributed by atoms with Crippen LogP contribution in [0.3, 0.4) is 0 Å². The predicted molar refractivity (Wildman–Crippen MR) is 51.7 cm³/mol. The van der Waals surface area contributed by atoms with Crippen LogP contribution in [0.4, 0.5) is 0 Å². The smallest absolute Gasteiger partial charge is 1.00 e. The predicted octanol–water partition coefficient (Wildman–Crippen LogP) is -1.48. The molecule has 0 aromatic carbocycles. The van der Waals surface area contributed by atoms with E-state index in [1.807, 2.05) is 6.26 Å². The number of ether oxygens (including phenoxy) is 1. The van der Waals surface area contributed by atoms with Crippen LogP contribution < -0.4 is 29.6 Å². The Morgan fingerprint density at radius 2 is 2.23 bits per heavy atom. The van der Waals surface area contributed by atoms with Gasteiger partial charge < -0.3 is 11.3 Å². The summed E-state index contributed by atoms with van der Waals surface area (Å²) in [5.41, 5.74) is 0. The summed E-state index contributed by atoms with van der Waals surface area (Å²) in [6.07, 6.45) is 1.10. The van der Waals surface area contributed by atoms with Gasteiger partial charge in [-0.3, -0.25) is 0 Å². The van der Waals surface area contributed by atoms with Crippen LogP contribution >= 0.6 is 35.0 Å². The van der Waals surface area contributed by atoms with Crippen LogP contribution in [0.2, 0.25) is 0 Å². The maximum Gasteiger partial charge on any atom is 1.00 e. The molecule has 0 bridgehead atoms. The van der Waals surface area contributed by atoms with Gasteiger partial charge in [-0.05, 0) is 18.4 Å². The van der Waals surface area contributed by atoms with Gasteiger partial charge in [0.1, 0.15) is 0 Å². The molecular weight excluding hydrogens is 246 g/mol. The molecule has 3 nitrogen and oxygen atoms in total. The third-order valence-corrected chi connectivity index (χ3v) is 1.89. The van der Waals surface area contributed by atoms with E-state index >= 15 is 0 Å². The molecule has 0 aromatic heterocycles. The summed E-state index contributed by atoms with van der Waals surface area (Å²) in [6, 6.07) is 0. The van der Waals surface area contributed by atoms with Crippen LogP contribution in [0.1, 0.15) is 7.85 Å². The summed E-state index contributed by atoms with van der Waals surface area (Å²) in [6.45, 7) is 0. The quantitative estimate of drug-likeness (QED) is 0.371. The van der Waals surface area contributed by atoms with E-state index in [0.29, 0.717) is 12.2 Å². The minimum Gasteiger partial charge on any atom is -1.00 e. The molecule has 0 fully saturated rings. The van der Waals surface area contributed by atoms with E-state index in [-0.39, 0.29) is 31.0 Å². The normalized spacial score (nSPS) is 12.1. The summed E-state index contributed by atoms with van der Waals surface area (Å²) in [5, 5.41) is 7.89. The first kappa shape index (κ1) is 16.8. The minimum absolute atomic E-state index is 0. The topological polar surface area (TPSA) is 46.5 Å². The first-order valence-electron chi connectivity index (χ1n) is 3.23. The molecule has 0 aliphatic heterocycles. The van der Waals surface area contributed by atoms with Crippen LogP contribution in [0, 0.1) is 0 Å². The van der Waals surface area contributed by atoms with Gasteiger partial charge in [-0.15, -0.1) is 0 Å². The van der Waals surface area contributed by atoms with Gasteiger partial charge in [-0.1, -0.05) is 23.2 Å². The van der Waals surface area contributed by atoms with Gasteiger partial charge >= 0.3 is 35.5 Å². The summed E-state index contributed by atoms with van der Waals surface area (Å²) in [4.78, 5) is 10.8. The Morgan fingerprint density at radius 1 is 1.69 bits per heavy atom. The second-order valence-corrected chi connectivity index (χ2v) is 4.00. The van der Waals surface area contributed by atoms with Crippen LogP contribution in [0.15, 0.2) is 0 Å². The Morgan fingerprint density at radius 3 is 2.62 bits per heavy atom. The van der Waals surface area contributed by atoms with Crippen molar-refractivity contribution in [2.75, 3.05) is 12.0 Å². The first-order valence-corrected chi connectivity index (χ1v) is 5.50. The Kier molecular flexibility index (Phi) is 12.8. The van der Waals surface area contributed by atoms with Gasteiger partial charge in [0.05, 0.1) is 0 Å². The van der Waals surface area contributed by atoms with Crippen molar-refractivity contribution in [2.45, 2.75) is 17.5 Å². The molecule has 0 unspecified atom stereocenters. The van der Waals surface area contributed by atoms with Gasteiger partial charge in [0.15, 0.2) is 6.10 Å². The van der Waals surface area contributed by atoms with Crippen molar-refractivity contribution < 1.29 is 45.6 Å². The average Bonchev–Trinajstić information content (AvgIpc) is 1.98. The molecule has 0 rings (SSSR count). The third-order valence-electron chi connectivity index (χ3n) is 1.07. The van der Waals surface area contributed by atoms with E-state index in [2.05, 4.69) is 4.74 Å². The monoisotopic (exact) mass is 256 g/mol. The number of rotatable bonds is 5. The van der Waals surface area contributed by atoms with E-state index in [0.717, 1.165) is 0 Å². The Balaban J connectivity index is -0.000000605. The maximum absolute atomic E-state index is 10.8. The molecule has 0 amide bonds. The molecule has 7 heteroatoms. The van der Waals surface area contributed by atoms with Crippen molar-refractivity contribution in [3.63, 3.8) is 0 Å². The number of esters is 1. The van der Waals surface area contributed by atoms with E-state index in [9.17, 15) is 4.79 Å². The molecule has 1 atom stereocenters. The number of halogens is 2. The molecular formula is C6H11Cl2NaO3S. The molecule has 0 saturated heterocycles. The minimum atomic E-state index is -1.21. The van der Waals surface area contributed by atoms with Crippen molar-refractivity contribution >= 4 is 40.9 Å². The number of carbonyl (C=O) groups is 1. The fourth-order valence-electron chi connectivity index (χ4n) is 0.514. The fraction of sp³-hybridized carbons (Fsp3) is 0.833. The second kappa shape index (κ2) is 9.90. The standard InChI is InChI=1S/C6H10Cl2O3S.Na.H/c1-12-3-2-4(9)5(10)11-6(7)8;;/h4,6,9H,2-3H2,1H3;;/q;+1;-1/t4-;;/m0../s1. The molecule has 0 radical (unpaired) electrons. The molecule has 13 heavy (non-hydrogen) atoms. The van der Waals surface area contributed by atoms with Crippen LogP contribution in [0.25, 0.3) is 0 Å². The molecule has 1 N–H and O–H groups in total. The summed E-state index contributed by atoms with van der Waals surface area (Å²) < 4.78 is 4.34. The molecule has 0 saturated carbocycles. The number of aliphatic hydroxyl groups excluding tert-OH is 1. The molecule has 0 heterocycles. The Labute approximate surface area is 115 Å². The van der Waals surface area contributed by atoms with Crippen molar-refractivity contribution in [3.05, 3.63) is 0 Å². The molecule has 0 aromatic rings. The number of hydrogen-bond acceptors (Lipinski definition) is 4. The fourth-order valence-corrected chi connectivity index (χ4v) is 1.15. The SMILES string of the molecule is CSCC[C@H](O)C(=O)OC(Cl)Cl.[H-].[Na+].